The molecule has 1 atom stereocenters. The van der Waals surface area contributed by atoms with Gasteiger partial charge in [-0.05, 0) is 60.3 Å². The number of hydrogen-bond donors (Lipinski definition) is 0. The van der Waals surface area contributed by atoms with Gasteiger partial charge in [-0.1, -0.05) is 6.92 Å². The molecular weight excluding hydrogens is 266 g/mol. The summed E-state index contributed by atoms with van der Waals surface area (Å²) in [5, 5.41) is 8.16. The van der Waals surface area contributed by atoms with Crippen LogP contribution in [0.1, 0.15) is 25.5 Å². The molecule has 16 heavy (non-hydrogen) atoms. The number of halogens is 1. The van der Waals surface area contributed by atoms with Gasteiger partial charge in [-0.3, -0.25) is 0 Å². The first-order chi connectivity index (χ1) is 7.78. The lowest BCUT2D eigenvalue weighted by Crippen LogP contribution is -2.36. The Morgan fingerprint density at radius 1 is 1.56 bits per heavy atom. The van der Waals surface area contributed by atoms with E-state index in [0.717, 1.165) is 22.5 Å². The highest BCUT2D eigenvalue weighted by Crippen LogP contribution is 2.20. The van der Waals surface area contributed by atoms with Crippen molar-refractivity contribution in [2.24, 2.45) is 5.92 Å². The minimum absolute atomic E-state index is 0.747. The average molecular weight is 284 g/mol. The maximum atomic E-state index is 4.19. The Hall–Kier alpha value is -0.480. The highest BCUT2D eigenvalue weighted by Gasteiger charge is 2.19. The molecule has 0 aliphatic carbocycles. The molecule has 1 fully saturated rings. The van der Waals surface area contributed by atoms with Gasteiger partial charge in [0.25, 0.3) is 0 Å². The minimum Gasteiger partial charge on any atom is -0.303 e. The van der Waals surface area contributed by atoms with Crippen molar-refractivity contribution in [2.45, 2.75) is 26.2 Å². The SMILES string of the molecule is CCN1CCCC(Cc2cc(Br)cnn2)C1. The van der Waals surface area contributed by atoms with E-state index in [1.54, 1.807) is 6.20 Å². The third-order valence-electron chi connectivity index (χ3n) is 3.22. The Kier molecular flexibility index (Phi) is 4.29. The van der Waals surface area contributed by atoms with Gasteiger partial charge in [0.15, 0.2) is 0 Å². The second-order valence-electron chi connectivity index (χ2n) is 4.47. The van der Waals surface area contributed by atoms with Gasteiger partial charge in [0.05, 0.1) is 11.9 Å². The van der Waals surface area contributed by atoms with Crippen LogP contribution in [0.5, 0.6) is 0 Å². The first kappa shape index (κ1) is 12.0. The second-order valence-corrected chi connectivity index (χ2v) is 5.39. The monoisotopic (exact) mass is 283 g/mol. The molecule has 0 radical (unpaired) electrons. The largest absolute Gasteiger partial charge is 0.303 e. The fourth-order valence-electron chi connectivity index (χ4n) is 2.38. The van der Waals surface area contributed by atoms with Gasteiger partial charge in [-0.2, -0.15) is 10.2 Å². The fraction of sp³-hybridized carbons (Fsp3) is 0.667. The molecule has 0 spiro atoms. The van der Waals surface area contributed by atoms with Crippen LogP contribution in [0.2, 0.25) is 0 Å². The first-order valence-electron chi connectivity index (χ1n) is 5.97. The van der Waals surface area contributed by atoms with E-state index in [1.165, 1.54) is 32.5 Å². The molecule has 1 aliphatic heterocycles. The molecule has 0 N–H and O–H groups in total. The minimum atomic E-state index is 0.747. The lowest BCUT2D eigenvalue weighted by molar-refractivity contribution is 0.181. The van der Waals surface area contributed by atoms with E-state index in [-0.39, 0.29) is 0 Å². The summed E-state index contributed by atoms with van der Waals surface area (Å²) >= 11 is 3.44. The molecule has 1 saturated heterocycles. The van der Waals surface area contributed by atoms with Crippen LogP contribution in [-0.2, 0) is 6.42 Å². The van der Waals surface area contributed by atoms with Gasteiger partial charge in [0.1, 0.15) is 0 Å². The number of aromatic nitrogens is 2. The molecule has 0 amide bonds. The van der Waals surface area contributed by atoms with Crippen molar-refractivity contribution < 1.29 is 0 Å². The topological polar surface area (TPSA) is 29.0 Å². The summed E-state index contributed by atoms with van der Waals surface area (Å²) in [6, 6.07) is 2.08. The molecule has 0 aromatic carbocycles. The quantitative estimate of drug-likeness (QED) is 0.854. The highest BCUT2D eigenvalue weighted by molar-refractivity contribution is 9.10. The Morgan fingerprint density at radius 2 is 2.44 bits per heavy atom. The lowest BCUT2D eigenvalue weighted by Gasteiger charge is -2.31. The number of likely N-dealkylation sites (tertiary alicyclic amines) is 1. The molecule has 1 aliphatic rings. The summed E-state index contributed by atoms with van der Waals surface area (Å²) in [7, 11) is 0. The molecule has 4 heteroatoms. The van der Waals surface area contributed by atoms with Crippen LogP contribution in [-0.4, -0.2) is 34.7 Å². The Balaban J connectivity index is 1.94. The second kappa shape index (κ2) is 5.73. The van der Waals surface area contributed by atoms with Crippen LogP contribution in [0.15, 0.2) is 16.7 Å². The van der Waals surface area contributed by atoms with Gasteiger partial charge in [0, 0.05) is 11.0 Å². The van der Waals surface area contributed by atoms with Gasteiger partial charge in [-0.15, -0.1) is 0 Å². The predicted molar refractivity (Wildman–Crippen MR) is 68.3 cm³/mol. The van der Waals surface area contributed by atoms with Crippen LogP contribution in [0.3, 0.4) is 0 Å². The van der Waals surface area contributed by atoms with Crippen LogP contribution in [0, 0.1) is 5.92 Å². The summed E-state index contributed by atoms with van der Waals surface area (Å²) in [5.41, 5.74) is 1.11. The predicted octanol–water partition coefficient (Wildman–Crippen LogP) is 2.51. The number of nitrogens with zero attached hydrogens (tertiary/aromatic N) is 3. The number of rotatable bonds is 3. The molecule has 0 bridgehead atoms. The summed E-state index contributed by atoms with van der Waals surface area (Å²) < 4.78 is 1.03. The lowest BCUT2D eigenvalue weighted by atomic mass is 9.93. The van der Waals surface area contributed by atoms with Crippen molar-refractivity contribution in [3.63, 3.8) is 0 Å². The van der Waals surface area contributed by atoms with E-state index in [1.807, 2.05) is 0 Å². The molecular formula is C12H18BrN3. The van der Waals surface area contributed by atoms with Crippen molar-refractivity contribution >= 4 is 15.9 Å². The average Bonchev–Trinajstić information content (AvgIpc) is 2.29. The van der Waals surface area contributed by atoms with E-state index in [2.05, 4.69) is 44.0 Å². The highest BCUT2D eigenvalue weighted by atomic mass is 79.9. The molecule has 0 saturated carbocycles. The van der Waals surface area contributed by atoms with Crippen molar-refractivity contribution in [2.75, 3.05) is 19.6 Å². The normalized spacial score (nSPS) is 22.2. The zero-order valence-corrected chi connectivity index (χ0v) is 11.3. The van der Waals surface area contributed by atoms with Crippen molar-refractivity contribution in [3.05, 3.63) is 22.4 Å². The first-order valence-corrected chi connectivity index (χ1v) is 6.76. The zero-order chi connectivity index (χ0) is 11.4. The molecule has 2 rings (SSSR count). The van der Waals surface area contributed by atoms with Gasteiger partial charge >= 0.3 is 0 Å². The van der Waals surface area contributed by atoms with E-state index in [0.29, 0.717) is 0 Å². The van der Waals surface area contributed by atoms with Crippen molar-refractivity contribution in [3.8, 4) is 0 Å². The Bertz CT molecular complexity index is 343. The Labute approximate surface area is 105 Å². The van der Waals surface area contributed by atoms with Gasteiger partial charge < -0.3 is 4.90 Å². The summed E-state index contributed by atoms with van der Waals surface area (Å²) in [5.74, 6) is 0.747. The third kappa shape index (κ3) is 3.25. The van der Waals surface area contributed by atoms with E-state index < -0.39 is 0 Å². The van der Waals surface area contributed by atoms with Gasteiger partial charge in [0.2, 0.25) is 0 Å². The standard InChI is InChI=1S/C12H18BrN3/c1-2-16-5-3-4-10(9-16)6-12-7-11(13)8-14-15-12/h7-8,10H,2-6,9H2,1H3. The maximum absolute atomic E-state index is 4.19. The zero-order valence-electron chi connectivity index (χ0n) is 9.69. The third-order valence-corrected chi connectivity index (χ3v) is 3.65. The van der Waals surface area contributed by atoms with E-state index in [4.69, 9.17) is 0 Å². The molecule has 1 aromatic heterocycles. The van der Waals surface area contributed by atoms with Crippen LogP contribution in [0.25, 0.3) is 0 Å². The molecule has 88 valence electrons. The van der Waals surface area contributed by atoms with E-state index >= 15 is 0 Å². The number of piperidine rings is 1. The fourth-order valence-corrected chi connectivity index (χ4v) is 2.74. The smallest absolute Gasteiger partial charge is 0.0645 e. The van der Waals surface area contributed by atoms with Crippen molar-refractivity contribution in [1.82, 2.24) is 15.1 Å². The number of hydrogen-bond acceptors (Lipinski definition) is 3. The Morgan fingerprint density at radius 3 is 3.19 bits per heavy atom. The molecule has 2 heterocycles. The van der Waals surface area contributed by atoms with Crippen molar-refractivity contribution in [1.29, 1.82) is 0 Å². The van der Waals surface area contributed by atoms with Crippen LogP contribution in [0.4, 0.5) is 0 Å². The van der Waals surface area contributed by atoms with E-state index in [9.17, 15) is 0 Å². The summed E-state index contributed by atoms with van der Waals surface area (Å²) in [4.78, 5) is 2.53. The van der Waals surface area contributed by atoms with Gasteiger partial charge in [-0.25, -0.2) is 0 Å². The molecule has 3 nitrogen and oxygen atoms in total. The maximum Gasteiger partial charge on any atom is 0.0645 e. The summed E-state index contributed by atoms with van der Waals surface area (Å²) in [6.07, 6.45) is 5.44. The van der Waals surface area contributed by atoms with Crippen LogP contribution < -0.4 is 0 Å². The molecule has 1 aromatic rings. The summed E-state index contributed by atoms with van der Waals surface area (Å²) in [6.45, 7) is 5.88. The van der Waals surface area contributed by atoms with Crippen LogP contribution >= 0.6 is 15.9 Å². The molecule has 1 unspecified atom stereocenters.